The molecule has 92 valence electrons. The van der Waals surface area contributed by atoms with Crippen molar-refractivity contribution in [1.29, 1.82) is 0 Å². The molecule has 1 rings (SSSR count). The number of benzene rings is 1. The summed E-state index contributed by atoms with van der Waals surface area (Å²) in [4.78, 5) is 10.9. The first-order valence-corrected chi connectivity index (χ1v) is 5.69. The average Bonchev–Trinajstić information content (AvgIpc) is 2.37. The van der Waals surface area contributed by atoms with Gasteiger partial charge in [0, 0.05) is 6.61 Å². The van der Waals surface area contributed by atoms with Crippen LogP contribution in [0.25, 0.3) is 6.08 Å². The quantitative estimate of drug-likeness (QED) is 0.767. The van der Waals surface area contributed by atoms with E-state index in [2.05, 4.69) is 4.74 Å². The predicted octanol–water partition coefficient (Wildman–Crippen LogP) is 2.19. The van der Waals surface area contributed by atoms with Gasteiger partial charge in [-0.25, -0.2) is 0 Å². The van der Waals surface area contributed by atoms with E-state index >= 15 is 0 Å². The molecule has 0 aliphatic heterocycles. The SMILES string of the molecule is COC(=O)CC=Cc1ccc(CCCO)cc1. The van der Waals surface area contributed by atoms with E-state index in [1.54, 1.807) is 6.08 Å². The summed E-state index contributed by atoms with van der Waals surface area (Å²) in [6.07, 6.45) is 5.66. The van der Waals surface area contributed by atoms with Crippen molar-refractivity contribution < 1.29 is 14.6 Å². The van der Waals surface area contributed by atoms with Gasteiger partial charge in [0.05, 0.1) is 13.5 Å². The summed E-state index contributed by atoms with van der Waals surface area (Å²) in [6.45, 7) is 0.223. The third kappa shape index (κ3) is 5.31. The predicted molar refractivity (Wildman–Crippen MR) is 67.5 cm³/mol. The lowest BCUT2D eigenvalue weighted by Gasteiger charge is -2.00. The van der Waals surface area contributed by atoms with Gasteiger partial charge in [-0.15, -0.1) is 0 Å². The molecule has 0 unspecified atom stereocenters. The van der Waals surface area contributed by atoms with Gasteiger partial charge < -0.3 is 9.84 Å². The molecule has 0 fully saturated rings. The minimum absolute atomic E-state index is 0.223. The molecule has 0 radical (unpaired) electrons. The average molecular weight is 234 g/mol. The molecule has 0 bridgehead atoms. The number of esters is 1. The van der Waals surface area contributed by atoms with E-state index in [0.29, 0.717) is 6.42 Å². The summed E-state index contributed by atoms with van der Waals surface area (Å²) in [5.74, 6) is -0.235. The van der Waals surface area contributed by atoms with E-state index in [1.807, 2.05) is 30.3 Å². The lowest BCUT2D eigenvalue weighted by molar-refractivity contribution is -0.139. The van der Waals surface area contributed by atoms with Crippen molar-refractivity contribution in [3.63, 3.8) is 0 Å². The topological polar surface area (TPSA) is 46.5 Å². The number of aliphatic hydroxyl groups is 1. The van der Waals surface area contributed by atoms with Crippen LogP contribution in [0.2, 0.25) is 0 Å². The molecule has 3 heteroatoms. The highest BCUT2D eigenvalue weighted by atomic mass is 16.5. The number of aliphatic hydroxyl groups excluding tert-OH is 1. The largest absolute Gasteiger partial charge is 0.469 e. The zero-order valence-electron chi connectivity index (χ0n) is 10.1. The summed E-state index contributed by atoms with van der Waals surface area (Å²) in [5.41, 5.74) is 2.27. The van der Waals surface area contributed by atoms with Crippen LogP contribution < -0.4 is 0 Å². The van der Waals surface area contributed by atoms with Crippen molar-refractivity contribution in [1.82, 2.24) is 0 Å². The van der Waals surface area contributed by atoms with Gasteiger partial charge in [-0.1, -0.05) is 36.4 Å². The third-order valence-corrected chi connectivity index (χ3v) is 2.43. The fraction of sp³-hybridized carbons (Fsp3) is 0.357. The highest BCUT2D eigenvalue weighted by molar-refractivity contribution is 5.72. The Balaban J connectivity index is 2.47. The molecule has 0 saturated heterocycles. The van der Waals surface area contributed by atoms with E-state index < -0.39 is 0 Å². The van der Waals surface area contributed by atoms with Crippen molar-refractivity contribution in [3.05, 3.63) is 41.5 Å². The van der Waals surface area contributed by atoms with Gasteiger partial charge in [0.2, 0.25) is 0 Å². The number of aryl methyl sites for hydroxylation is 1. The number of methoxy groups -OCH3 is 1. The molecule has 1 aromatic carbocycles. The Bertz CT molecular complexity index is 366. The molecule has 1 aromatic rings. The normalized spacial score (nSPS) is 10.7. The van der Waals surface area contributed by atoms with Crippen LogP contribution >= 0.6 is 0 Å². The molecular weight excluding hydrogens is 216 g/mol. The molecule has 0 aliphatic carbocycles. The van der Waals surface area contributed by atoms with Crippen molar-refractivity contribution in [3.8, 4) is 0 Å². The van der Waals surface area contributed by atoms with Crippen LogP contribution in [0.4, 0.5) is 0 Å². The second kappa shape index (κ2) is 7.63. The Morgan fingerprint density at radius 1 is 1.35 bits per heavy atom. The minimum Gasteiger partial charge on any atom is -0.469 e. The standard InChI is InChI=1S/C14H18O3/c1-17-14(16)6-2-4-12-7-9-13(10-8-12)5-3-11-15/h2,4,7-10,15H,3,5-6,11H2,1H3. The first kappa shape index (κ1) is 13.5. The van der Waals surface area contributed by atoms with Gasteiger partial charge in [-0.2, -0.15) is 0 Å². The second-order valence-corrected chi connectivity index (χ2v) is 3.75. The van der Waals surface area contributed by atoms with Crippen LogP contribution in [0.3, 0.4) is 0 Å². The second-order valence-electron chi connectivity index (χ2n) is 3.75. The number of carbonyl (C=O) groups is 1. The number of rotatable bonds is 6. The van der Waals surface area contributed by atoms with Gasteiger partial charge >= 0.3 is 5.97 Å². The highest BCUT2D eigenvalue weighted by Gasteiger charge is 1.95. The number of hydrogen-bond acceptors (Lipinski definition) is 3. The van der Waals surface area contributed by atoms with Crippen molar-refractivity contribution >= 4 is 12.0 Å². The van der Waals surface area contributed by atoms with Gasteiger partial charge in [0.15, 0.2) is 0 Å². The Labute approximate surface area is 102 Å². The van der Waals surface area contributed by atoms with Gasteiger partial charge in [-0.05, 0) is 24.0 Å². The van der Waals surface area contributed by atoms with Crippen LogP contribution in [0.5, 0.6) is 0 Å². The van der Waals surface area contributed by atoms with Gasteiger partial charge in [0.25, 0.3) is 0 Å². The fourth-order valence-corrected chi connectivity index (χ4v) is 1.45. The molecule has 0 spiro atoms. The van der Waals surface area contributed by atoms with Crippen LogP contribution in [0.15, 0.2) is 30.3 Å². The summed E-state index contributed by atoms with van der Waals surface area (Å²) >= 11 is 0. The molecule has 0 saturated carbocycles. The Morgan fingerprint density at radius 2 is 2.06 bits per heavy atom. The maximum absolute atomic E-state index is 10.9. The fourth-order valence-electron chi connectivity index (χ4n) is 1.45. The zero-order chi connectivity index (χ0) is 12.5. The number of ether oxygens (including phenoxy) is 1. The monoisotopic (exact) mass is 234 g/mol. The van der Waals surface area contributed by atoms with E-state index in [-0.39, 0.29) is 12.6 Å². The molecule has 17 heavy (non-hydrogen) atoms. The van der Waals surface area contributed by atoms with E-state index in [1.165, 1.54) is 12.7 Å². The lowest BCUT2D eigenvalue weighted by atomic mass is 10.1. The maximum Gasteiger partial charge on any atom is 0.309 e. The van der Waals surface area contributed by atoms with Crippen molar-refractivity contribution in [2.24, 2.45) is 0 Å². The molecule has 0 heterocycles. The molecule has 0 amide bonds. The molecule has 0 atom stereocenters. The Morgan fingerprint density at radius 3 is 2.65 bits per heavy atom. The van der Waals surface area contributed by atoms with Crippen LogP contribution in [0.1, 0.15) is 24.0 Å². The van der Waals surface area contributed by atoms with Crippen LogP contribution in [0, 0.1) is 0 Å². The number of carbonyl (C=O) groups excluding carboxylic acids is 1. The van der Waals surface area contributed by atoms with E-state index in [4.69, 9.17) is 5.11 Å². The lowest BCUT2D eigenvalue weighted by Crippen LogP contribution is -1.96. The van der Waals surface area contributed by atoms with Gasteiger partial charge in [-0.3, -0.25) is 4.79 Å². The summed E-state index contributed by atoms with van der Waals surface area (Å²) < 4.78 is 4.54. The maximum atomic E-state index is 10.9. The highest BCUT2D eigenvalue weighted by Crippen LogP contribution is 2.08. The minimum atomic E-state index is -0.235. The first-order valence-electron chi connectivity index (χ1n) is 5.69. The van der Waals surface area contributed by atoms with E-state index in [0.717, 1.165) is 18.4 Å². The van der Waals surface area contributed by atoms with Gasteiger partial charge in [0.1, 0.15) is 0 Å². The molecule has 0 aromatic heterocycles. The van der Waals surface area contributed by atoms with E-state index in [9.17, 15) is 4.79 Å². The van der Waals surface area contributed by atoms with Crippen molar-refractivity contribution in [2.45, 2.75) is 19.3 Å². The summed E-state index contributed by atoms with van der Waals surface area (Å²) in [7, 11) is 1.38. The first-order chi connectivity index (χ1) is 8.26. The molecule has 1 N–H and O–H groups in total. The number of hydrogen-bond donors (Lipinski definition) is 1. The van der Waals surface area contributed by atoms with Crippen molar-refractivity contribution in [2.75, 3.05) is 13.7 Å². The third-order valence-electron chi connectivity index (χ3n) is 2.43. The smallest absolute Gasteiger partial charge is 0.309 e. The molecular formula is C14H18O3. The Hall–Kier alpha value is -1.61. The Kier molecular flexibility index (Phi) is 6.04. The molecule has 3 nitrogen and oxygen atoms in total. The molecule has 0 aliphatic rings. The van der Waals surface area contributed by atoms with Crippen LogP contribution in [-0.4, -0.2) is 24.8 Å². The van der Waals surface area contributed by atoms with Crippen LogP contribution in [-0.2, 0) is 16.0 Å². The summed E-state index contributed by atoms with van der Waals surface area (Å²) in [6, 6.07) is 8.07. The zero-order valence-corrected chi connectivity index (χ0v) is 10.1. The summed E-state index contributed by atoms with van der Waals surface area (Å²) in [5, 5.41) is 8.72.